The average molecular weight is 225 g/mol. The van der Waals surface area contributed by atoms with Crippen molar-refractivity contribution < 1.29 is 9.53 Å². The Morgan fingerprint density at radius 1 is 1.38 bits per heavy atom. The zero-order chi connectivity index (χ0) is 12.0. The molecular weight excluding hydrogens is 202 g/mol. The van der Waals surface area contributed by atoms with E-state index in [9.17, 15) is 4.79 Å². The maximum absolute atomic E-state index is 11.4. The summed E-state index contributed by atoms with van der Waals surface area (Å²) in [5.74, 6) is -0.283. The Bertz CT molecular complexity index is 255. The molecule has 0 bridgehead atoms. The highest BCUT2D eigenvalue weighted by Crippen LogP contribution is 2.27. The monoisotopic (exact) mass is 225 g/mol. The Balaban J connectivity index is 2.32. The Hall–Kier alpha value is -0.830. The molecule has 1 aliphatic rings. The summed E-state index contributed by atoms with van der Waals surface area (Å²) in [6.45, 7) is 8.73. The molecule has 0 radical (unpaired) electrons. The van der Waals surface area contributed by atoms with Crippen LogP contribution in [0.15, 0.2) is 12.2 Å². The topological polar surface area (TPSA) is 38.3 Å². The van der Waals surface area contributed by atoms with E-state index in [-0.39, 0.29) is 11.5 Å². The Kier molecular flexibility index (Phi) is 5.00. The van der Waals surface area contributed by atoms with Crippen molar-refractivity contribution in [3.05, 3.63) is 12.2 Å². The van der Waals surface area contributed by atoms with Gasteiger partial charge in [0, 0.05) is 17.7 Å². The summed E-state index contributed by atoms with van der Waals surface area (Å²) < 4.78 is 4.90. The van der Waals surface area contributed by atoms with Gasteiger partial charge in [0.05, 0.1) is 6.61 Å². The van der Waals surface area contributed by atoms with E-state index in [1.54, 1.807) is 6.92 Å². The van der Waals surface area contributed by atoms with Crippen LogP contribution in [0.2, 0.25) is 0 Å². The summed E-state index contributed by atoms with van der Waals surface area (Å²) >= 11 is 0. The number of hydrogen-bond donors (Lipinski definition) is 1. The van der Waals surface area contributed by atoms with E-state index < -0.39 is 0 Å². The summed E-state index contributed by atoms with van der Waals surface area (Å²) in [6.07, 6.45) is 6.24. The van der Waals surface area contributed by atoms with Crippen molar-refractivity contribution in [2.45, 2.75) is 51.5 Å². The largest absolute Gasteiger partial charge is 0.463 e. The summed E-state index contributed by atoms with van der Waals surface area (Å²) in [7, 11) is 0. The van der Waals surface area contributed by atoms with Gasteiger partial charge >= 0.3 is 5.97 Å². The molecule has 3 nitrogen and oxygen atoms in total. The predicted octanol–water partition coefficient (Wildman–Crippen LogP) is 2.42. The van der Waals surface area contributed by atoms with Crippen molar-refractivity contribution in [1.29, 1.82) is 0 Å². The lowest BCUT2D eigenvalue weighted by molar-refractivity contribution is -0.138. The maximum atomic E-state index is 11.4. The number of esters is 1. The summed E-state index contributed by atoms with van der Waals surface area (Å²) in [5, 5.41) is 3.44. The predicted molar refractivity (Wildman–Crippen MR) is 65.3 cm³/mol. The van der Waals surface area contributed by atoms with E-state index in [0.717, 1.165) is 0 Å². The first-order valence-electron chi connectivity index (χ1n) is 6.17. The van der Waals surface area contributed by atoms with Gasteiger partial charge in [-0.1, -0.05) is 25.8 Å². The molecule has 0 atom stereocenters. The van der Waals surface area contributed by atoms with Gasteiger partial charge in [0.2, 0.25) is 0 Å². The lowest BCUT2D eigenvalue weighted by Gasteiger charge is -2.34. The molecule has 0 aromatic heterocycles. The fraction of sp³-hybridized carbons (Fsp3) is 0.769. The quantitative estimate of drug-likeness (QED) is 0.577. The van der Waals surface area contributed by atoms with Crippen molar-refractivity contribution in [3.8, 4) is 0 Å². The van der Waals surface area contributed by atoms with E-state index >= 15 is 0 Å². The first-order valence-corrected chi connectivity index (χ1v) is 6.17. The molecular formula is C13H23NO2. The van der Waals surface area contributed by atoms with Crippen molar-refractivity contribution >= 4 is 5.97 Å². The second-order valence-electron chi connectivity index (χ2n) is 4.80. The van der Waals surface area contributed by atoms with Crippen LogP contribution in [0.25, 0.3) is 0 Å². The highest BCUT2D eigenvalue weighted by molar-refractivity contribution is 5.88. The van der Waals surface area contributed by atoms with Gasteiger partial charge in [-0.15, -0.1) is 0 Å². The van der Waals surface area contributed by atoms with Crippen molar-refractivity contribution in [3.63, 3.8) is 0 Å². The third-order valence-electron chi connectivity index (χ3n) is 3.25. The van der Waals surface area contributed by atoms with Crippen LogP contribution in [0.4, 0.5) is 0 Å². The molecule has 0 saturated heterocycles. The molecule has 16 heavy (non-hydrogen) atoms. The molecule has 1 saturated carbocycles. The number of carbonyl (C=O) groups excluding carboxylic acids is 1. The van der Waals surface area contributed by atoms with E-state index in [4.69, 9.17) is 4.74 Å². The Labute approximate surface area is 98.2 Å². The van der Waals surface area contributed by atoms with E-state index in [2.05, 4.69) is 18.8 Å². The van der Waals surface area contributed by atoms with Crippen molar-refractivity contribution in [2.75, 3.05) is 13.2 Å². The molecule has 0 amide bonds. The van der Waals surface area contributed by atoms with Gasteiger partial charge in [0.25, 0.3) is 0 Å². The highest BCUT2D eigenvalue weighted by atomic mass is 16.5. The fourth-order valence-electron chi connectivity index (χ4n) is 2.13. The second kappa shape index (κ2) is 6.04. The lowest BCUT2D eigenvalue weighted by atomic mass is 9.83. The normalized spacial score (nSPS) is 19.1. The van der Waals surface area contributed by atoms with Crippen LogP contribution >= 0.6 is 0 Å². The van der Waals surface area contributed by atoms with Gasteiger partial charge < -0.3 is 10.1 Å². The molecule has 0 aliphatic heterocycles. The first-order chi connectivity index (χ1) is 7.57. The highest BCUT2D eigenvalue weighted by Gasteiger charge is 2.26. The van der Waals surface area contributed by atoms with Gasteiger partial charge in [0.15, 0.2) is 0 Å². The summed E-state index contributed by atoms with van der Waals surface area (Å²) in [5.41, 5.74) is 0.696. The maximum Gasteiger partial charge on any atom is 0.334 e. The van der Waals surface area contributed by atoms with E-state index in [1.165, 1.54) is 32.1 Å². The van der Waals surface area contributed by atoms with E-state index in [0.29, 0.717) is 18.7 Å². The molecule has 0 heterocycles. The Morgan fingerprint density at radius 2 is 2.00 bits per heavy atom. The van der Waals surface area contributed by atoms with E-state index in [1.807, 2.05) is 0 Å². The zero-order valence-electron chi connectivity index (χ0n) is 10.5. The lowest BCUT2D eigenvalue weighted by Crippen LogP contribution is -2.45. The summed E-state index contributed by atoms with van der Waals surface area (Å²) in [4.78, 5) is 11.4. The second-order valence-corrected chi connectivity index (χ2v) is 4.80. The number of nitrogens with one attached hydrogen (secondary N) is 1. The van der Waals surface area contributed by atoms with Crippen LogP contribution in [0, 0.1) is 0 Å². The minimum Gasteiger partial charge on any atom is -0.463 e. The molecule has 0 unspecified atom stereocenters. The van der Waals surface area contributed by atoms with Crippen LogP contribution in [0.1, 0.15) is 46.0 Å². The minimum atomic E-state index is -0.283. The number of hydrogen-bond acceptors (Lipinski definition) is 3. The standard InChI is InChI=1S/C13H23NO2/c1-4-16-12(15)11(2)10-14-13(3)8-6-5-7-9-13/h14H,2,4-10H2,1,3H3. The average Bonchev–Trinajstić information content (AvgIpc) is 2.27. The van der Waals surface area contributed by atoms with Crippen LogP contribution in [-0.2, 0) is 9.53 Å². The van der Waals surface area contributed by atoms with Crippen LogP contribution in [-0.4, -0.2) is 24.7 Å². The van der Waals surface area contributed by atoms with Crippen LogP contribution in [0.3, 0.4) is 0 Å². The third-order valence-corrected chi connectivity index (χ3v) is 3.25. The number of carbonyl (C=O) groups is 1. The molecule has 0 spiro atoms. The smallest absolute Gasteiger partial charge is 0.334 e. The van der Waals surface area contributed by atoms with Crippen LogP contribution in [0.5, 0.6) is 0 Å². The molecule has 1 fully saturated rings. The molecule has 1 N–H and O–H groups in total. The van der Waals surface area contributed by atoms with Gasteiger partial charge in [0.1, 0.15) is 0 Å². The van der Waals surface area contributed by atoms with Gasteiger partial charge in [-0.3, -0.25) is 0 Å². The molecule has 0 aromatic carbocycles. The molecule has 1 aliphatic carbocycles. The minimum absolute atomic E-state index is 0.174. The third kappa shape index (κ3) is 3.97. The first kappa shape index (κ1) is 13.2. The number of rotatable bonds is 5. The SMILES string of the molecule is C=C(CNC1(C)CCCCC1)C(=O)OCC. The molecule has 0 aromatic rings. The summed E-state index contributed by atoms with van der Waals surface area (Å²) in [6, 6.07) is 0. The van der Waals surface area contributed by atoms with Gasteiger partial charge in [-0.2, -0.15) is 0 Å². The zero-order valence-corrected chi connectivity index (χ0v) is 10.5. The van der Waals surface area contributed by atoms with Gasteiger partial charge in [-0.05, 0) is 26.7 Å². The van der Waals surface area contributed by atoms with Crippen LogP contribution < -0.4 is 5.32 Å². The molecule has 3 heteroatoms. The Morgan fingerprint density at radius 3 is 2.56 bits per heavy atom. The molecule has 1 rings (SSSR count). The van der Waals surface area contributed by atoms with Crippen molar-refractivity contribution in [2.24, 2.45) is 0 Å². The molecule has 92 valence electrons. The van der Waals surface area contributed by atoms with Gasteiger partial charge in [-0.25, -0.2) is 4.79 Å². The fourth-order valence-corrected chi connectivity index (χ4v) is 2.13. The van der Waals surface area contributed by atoms with Crippen molar-refractivity contribution in [1.82, 2.24) is 5.32 Å². The number of ether oxygens (including phenoxy) is 1.